The maximum absolute atomic E-state index is 13.0. The highest BCUT2D eigenvalue weighted by molar-refractivity contribution is 7.20. The fourth-order valence-corrected chi connectivity index (χ4v) is 4.49. The van der Waals surface area contributed by atoms with Crippen LogP contribution in [0, 0.1) is 6.92 Å². The van der Waals surface area contributed by atoms with E-state index in [1.807, 2.05) is 84.4 Å². The van der Waals surface area contributed by atoms with E-state index in [1.165, 1.54) is 11.3 Å². The highest BCUT2D eigenvalue weighted by atomic mass is 32.1. The van der Waals surface area contributed by atoms with Gasteiger partial charge in [0.05, 0.1) is 16.3 Å². The highest BCUT2D eigenvalue weighted by Crippen LogP contribution is 2.31. The number of thiophene rings is 1. The molecule has 0 aliphatic heterocycles. The van der Waals surface area contributed by atoms with E-state index in [2.05, 4.69) is 15.4 Å². The third-order valence-electron chi connectivity index (χ3n) is 4.99. The molecule has 7 heteroatoms. The molecule has 5 aromatic rings. The molecule has 0 atom stereocenters. The smallest absolute Gasteiger partial charge is 0.265 e. The molecule has 0 bridgehead atoms. The molecular formula is C25H20N4O2S. The number of anilines is 1. The summed E-state index contributed by atoms with van der Waals surface area (Å²) in [5.74, 6) is 0.521. The van der Waals surface area contributed by atoms with Crippen LogP contribution in [0.25, 0.3) is 15.9 Å². The normalized spacial score (nSPS) is 10.9. The van der Waals surface area contributed by atoms with E-state index in [0.717, 1.165) is 27.2 Å². The van der Waals surface area contributed by atoms with Crippen molar-refractivity contribution < 1.29 is 9.53 Å². The Kier molecular flexibility index (Phi) is 5.39. The van der Waals surface area contributed by atoms with E-state index < -0.39 is 0 Å². The fourth-order valence-electron chi connectivity index (χ4n) is 3.41. The van der Waals surface area contributed by atoms with E-state index in [4.69, 9.17) is 4.74 Å². The van der Waals surface area contributed by atoms with Crippen LogP contribution in [-0.4, -0.2) is 20.7 Å². The summed E-state index contributed by atoms with van der Waals surface area (Å²) in [6, 6.07) is 23.0. The number of nitrogens with one attached hydrogen (secondary N) is 1. The van der Waals surface area contributed by atoms with Gasteiger partial charge < -0.3 is 10.1 Å². The van der Waals surface area contributed by atoms with Crippen LogP contribution in [-0.2, 0) is 6.61 Å². The van der Waals surface area contributed by atoms with Crippen molar-refractivity contribution in [3.63, 3.8) is 0 Å². The molecule has 32 heavy (non-hydrogen) atoms. The Morgan fingerprint density at radius 1 is 1.06 bits per heavy atom. The van der Waals surface area contributed by atoms with E-state index in [1.54, 1.807) is 12.4 Å². The van der Waals surface area contributed by atoms with Gasteiger partial charge in [-0.3, -0.25) is 9.78 Å². The second-order valence-electron chi connectivity index (χ2n) is 7.29. The van der Waals surface area contributed by atoms with Crippen molar-refractivity contribution in [2.75, 3.05) is 5.32 Å². The van der Waals surface area contributed by atoms with Crippen molar-refractivity contribution in [2.45, 2.75) is 13.5 Å². The largest absolute Gasteiger partial charge is 0.489 e. The molecule has 0 aliphatic rings. The Morgan fingerprint density at radius 2 is 1.94 bits per heavy atom. The van der Waals surface area contributed by atoms with Gasteiger partial charge in [-0.1, -0.05) is 30.3 Å². The van der Waals surface area contributed by atoms with Gasteiger partial charge in [-0.25, -0.2) is 4.68 Å². The van der Waals surface area contributed by atoms with Crippen LogP contribution in [0.1, 0.15) is 20.9 Å². The second kappa shape index (κ2) is 8.64. The van der Waals surface area contributed by atoms with Gasteiger partial charge in [-0.15, -0.1) is 11.3 Å². The molecule has 0 saturated heterocycles. The van der Waals surface area contributed by atoms with Gasteiger partial charge in [0.15, 0.2) is 0 Å². The number of ether oxygens (including phenoxy) is 1. The summed E-state index contributed by atoms with van der Waals surface area (Å²) in [5.41, 5.74) is 3.52. The molecule has 3 aromatic heterocycles. The molecule has 6 nitrogen and oxygen atoms in total. The third kappa shape index (κ3) is 4.10. The molecule has 0 radical (unpaired) electrons. The van der Waals surface area contributed by atoms with Crippen molar-refractivity contribution in [3.8, 4) is 11.4 Å². The number of hydrogen-bond donors (Lipinski definition) is 1. The molecule has 5 rings (SSSR count). The van der Waals surface area contributed by atoms with Crippen LogP contribution < -0.4 is 10.1 Å². The first-order valence-electron chi connectivity index (χ1n) is 10.1. The van der Waals surface area contributed by atoms with Gasteiger partial charge in [0.1, 0.15) is 17.2 Å². The second-order valence-corrected chi connectivity index (χ2v) is 8.32. The van der Waals surface area contributed by atoms with Crippen molar-refractivity contribution in [3.05, 3.63) is 101 Å². The highest BCUT2D eigenvalue weighted by Gasteiger charge is 2.17. The van der Waals surface area contributed by atoms with Crippen molar-refractivity contribution >= 4 is 33.1 Å². The summed E-state index contributed by atoms with van der Waals surface area (Å²) >= 11 is 1.43. The number of rotatable bonds is 6. The Hall–Kier alpha value is -3.97. The number of carbonyl (C=O) groups is 1. The fraction of sp³-hybridized carbons (Fsp3) is 0.0800. The molecule has 1 amide bonds. The first-order chi connectivity index (χ1) is 15.7. The molecule has 0 unspecified atom stereocenters. The van der Waals surface area contributed by atoms with Gasteiger partial charge in [-0.2, -0.15) is 5.10 Å². The zero-order valence-electron chi connectivity index (χ0n) is 17.4. The number of aromatic nitrogens is 3. The Balaban J connectivity index is 1.34. The van der Waals surface area contributed by atoms with E-state index in [0.29, 0.717) is 22.9 Å². The molecule has 0 aliphatic carbocycles. The topological polar surface area (TPSA) is 69.0 Å². The van der Waals surface area contributed by atoms with E-state index in [9.17, 15) is 4.79 Å². The van der Waals surface area contributed by atoms with E-state index in [-0.39, 0.29) is 5.91 Å². The van der Waals surface area contributed by atoms with Gasteiger partial charge in [0.25, 0.3) is 5.91 Å². The van der Waals surface area contributed by atoms with Crippen LogP contribution in [0.2, 0.25) is 0 Å². The number of carbonyl (C=O) groups excluding carboxylic acids is 1. The minimum Gasteiger partial charge on any atom is -0.489 e. The lowest BCUT2D eigenvalue weighted by Gasteiger charge is -2.09. The summed E-state index contributed by atoms with van der Waals surface area (Å²) in [4.78, 5) is 18.6. The molecule has 158 valence electrons. The first kappa shape index (κ1) is 20.0. The predicted octanol–water partition coefficient (Wildman–Crippen LogP) is 5.62. The zero-order valence-corrected chi connectivity index (χ0v) is 18.2. The number of para-hydroxylation sites is 1. The maximum atomic E-state index is 13.0. The zero-order chi connectivity index (χ0) is 21.9. The van der Waals surface area contributed by atoms with Crippen molar-refractivity contribution in [1.82, 2.24) is 14.8 Å². The van der Waals surface area contributed by atoms with E-state index >= 15 is 0 Å². The summed E-state index contributed by atoms with van der Waals surface area (Å²) in [5, 5.41) is 8.60. The Labute approximate surface area is 189 Å². The number of aryl methyl sites for hydroxylation is 1. The van der Waals surface area contributed by atoms with Gasteiger partial charge in [-0.05, 0) is 43.3 Å². The average Bonchev–Trinajstić information content (AvgIpc) is 3.40. The van der Waals surface area contributed by atoms with Crippen LogP contribution in [0.4, 0.5) is 5.69 Å². The number of nitrogens with zero attached hydrogens (tertiary/aromatic N) is 3. The predicted molar refractivity (Wildman–Crippen MR) is 127 cm³/mol. The van der Waals surface area contributed by atoms with Gasteiger partial charge >= 0.3 is 0 Å². The summed E-state index contributed by atoms with van der Waals surface area (Å²) in [6.07, 6.45) is 3.50. The van der Waals surface area contributed by atoms with Crippen molar-refractivity contribution in [1.29, 1.82) is 0 Å². The van der Waals surface area contributed by atoms with Crippen LogP contribution >= 0.6 is 11.3 Å². The minimum absolute atomic E-state index is 0.158. The molecule has 0 saturated carbocycles. The number of hydrogen-bond acceptors (Lipinski definition) is 5. The molecular weight excluding hydrogens is 420 g/mol. The summed E-state index contributed by atoms with van der Waals surface area (Å²) < 4.78 is 7.72. The van der Waals surface area contributed by atoms with Crippen LogP contribution in [0.5, 0.6) is 5.75 Å². The summed E-state index contributed by atoms with van der Waals surface area (Å²) in [6.45, 7) is 2.37. The molecule has 0 fully saturated rings. The lowest BCUT2D eigenvalue weighted by molar-refractivity contribution is 0.103. The van der Waals surface area contributed by atoms with Crippen molar-refractivity contribution in [2.24, 2.45) is 0 Å². The number of pyridine rings is 1. The summed E-state index contributed by atoms with van der Waals surface area (Å²) in [7, 11) is 0. The van der Waals surface area contributed by atoms with Crippen LogP contribution in [0.15, 0.2) is 85.2 Å². The number of amides is 1. The lowest BCUT2D eigenvalue weighted by atomic mass is 10.2. The first-order valence-corrected chi connectivity index (χ1v) is 11.0. The maximum Gasteiger partial charge on any atom is 0.265 e. The minimum atomic E-state index is -0.158. The molecule has 3 heterocycles. The lowest BCUT2D eigenvalue weighted by Crippen LogP contribution is -2.10. The quantitative estimate of drug-likeness (QED) is 0.372. The Morgan fingerprint density at radius 3 is 2.75 bits per heavy atom. The molecule has 2 aromatic carbocycles. The molecule has 1 N–H and O–H groups in total. The SMILES string of the molecule is Cc1nn(-c2ccccc2)c2sc(C(=O)Nc3cccc(OCc4cccnc4)c3)cc12. The number of fused-ring (bicyclic) bond motifs is 1. The van der Waals surface area contributed by atoms with Gasteiger partial charge in [0, 0.05) is 35.1 Å². The van der Waals surface area contributed by atoms with Crippen LogP contribution in [0.3, 0.4) is 0 Å². The standard InChI is InChI=1S/C25H20N4O2S/c1-17-22-14-23(32-25(22)29(28-17)20-9-3-2-4-10-20)24(30)27-19-8-5-11-21(13-19)31-16-18-7-6-12-26-15-18/h2-15H,16H2,1H3,(H,27,30). The van der Waals surface area contributed by atoms with Gasteiger partial charge in [0.2, 0.25) is 0 Å². The third-order valence-corrected chi connectivity index (χ3v) is 6.10. The monoisotopic (exact) mass is 440 g/mol. The Bertz CT molecular complexity index is 1380. The number of benzene rings is 2. The average molecular weight is 441 g/mol. The molecule has 0 spiro atoms.